The number of anilines is 5. The lowest BCUT2D eigenvalue weighted by Crippen LogP contribution is -2.13. The summed E-state index contributed by atoms with van der Waals surface area (Å²) in [5.74, 6) is -0.289. The fourth-order valence-corrected chi connectivity index (χ4v) is 3.61. The quantitative estimate of drug-likeness (QED) is 0.302. The minimum Gasteiger partial charge on any atom is -0.386 e. The number of hydrogen-bond acceptors (Lipinski definition) is 8. The Morgan fingerprint density at radius 2 is 1.51 bits per heavy atom. The third-order valence-electron chi connectivity index (χ3n) is 3.99. The highest BCUT2D eigenvalue weighted by molar-refractivity contribution is 7.94. The molecular formula is C25H42N6O5S. The van der Waals surface area contributed by atoms with Gasteiger partial charge in [-0.25, -0.2) is 0 Å². The number of methoxy groups -OCH3 is 1. The van der Waals surface area contributed by atoms with Crippen molar-refractivity contribution in [3.63, 3.8) is 0 Å². The molecule has 1 heterocycles. The van der Waals surface area contributed by atoms with Gasteiger partial charge in [0.2, 0.25) is 0 Å². The Kier molecular flexibility index (Phi) is 19.8. The van der Waals surface area contributed by atoms with Crippen molar-refractivity contribution in [3.05, 3.63) is 54.6 Å². The number of benzene rings is 2. The van der Waals surface area contributed by atoms with Gasteiger partial charge in [-0.2, -0.15) is 8.42 Å². The van der Waals surface area contributed by atoms with Crippen LogP contribution in [0.25, 0.3) is 0 Å². The van der Waals surface area contributed by atoms with Crippen molar-refractivity contribution in [2.24, 2.45) is 0 Å². The average Bonchev–Trinajstić information content (AvgIpc) is 3.19. The molecule has 1 amide bonds. The Balaban J connectivity index is 0. The van der Waals surface area contributed by atoms with E-state index in [0.717, 1.165) is 24.4 Å². The van der Waals surface area contributed by atoms with Crippen LogP contribution < -0.4 is 30.7 Å². The van der Waals surface area contributed by atoms with Crippen LogP contribution in [0.3, 0.4) is 0 Å². The van der Waals surface area contributed by atoms with Crippen LogP contribution in [0, 0.1) is 0 Å². The van der Waals surface area contributed by atoms with E-state index >= 15 is 0 Å². The molecule has 1 aliphatic heterocycles. The molecule has 0 radical (unpaired) electrons. The van der Waals surface area contributed by atoms with Gasteiger partial charge >= 0.3 is 10.2 Å². The summed E-state index contributed by atoms with van der Waals surface area (Å²) < 4.78 is 32.3. The van der Waals surface area contributed by atoms with Crippen LogP contribution in [0.15, 0.2) is 49.1 Å². The summed E-state index contributed by atoms with van der Waals surface area (Å²) >= 11 is 0. The van der Waals surface area contributed by atoms with Crippen LogP contribution >= 0.6 is 0 Å². The Labute approximate surface area is 221 Å². The minimum atomic E-state index is -3.55. The maximum Gasteiger partial charge on any atom is 0.321 e. The molecule has 0 unspecified atom stereocenters. The molecule has 0 bridgehead atoms. The number of rotatable bonds is 6. The number of carbonyl (C=O) groups excluding carboxylic acids is 2. The van der Waals surface area contributed by atoms with Gasteiger partial charge in [0.05, 0.1) is 22.7 Å². The molecule has 3 rings (SSSR count). The molecule has 208 valence electrons. The molecule has 2 aromatic carbocycles. The average molecular weight is 539 g/mol. The number of nitrogens with one attached hydrogen (secondary N) is 6. The van der Waals surface area contributed by atoms with Crippen LogP contribution in [0.4, 0.5) is 28.4 Å². The van der Waals surface area contributed by atoms with E-state index in [1.165, 1.54) is 0 Å². The molecule has 11 nitrogen and oxygen atoms in total. The SMILES string of the molecule is C=CC.C=O.CCCOC.CNC.CNc1ccc(C(=O)Nc2ccc3c(c2)NS(=O)(=O)N3)cc1NC. The molecule has 2 aromatic rings. The van der Waals surface area contributed by atoms with Crippen molar-refractivity contribution >= 4 is 51.3 Å². The first-order valence-corrected chi connectivity index (χ1v) is 12.8. The number of carbonyl (C=O) groups is 2. The van der Waals surface area contributed by atoms with Gasteiger partial charge in [0.25, 0.3) is 5.91 Å². The van der Waals surface area contributed by atoms with Crippen molar-refractivity contribution in [1.29, 1.82) is 0 Å². The third kappa shape index (κ3) is 13.9. The highest BCUT2D eigenvalue weighted by Gasteiger charge is 2.22. The maximum absolute atomic E-state index is 12.4. The van der Waals surface area contributed by atoms with E-state index in [2.05, 4.69) is 44.2 Å². The molecule has 0 saturated carbocycles. The summed E-state index contributed by atoms with van der Waals surface area (Å²) in [7, 11) is 5.49. The van der Waals surface area contributed by atoms with Crippen molar-refractivity contribution in [3.8, 4) is 0 Å². The lowest BCUT2D eigenvalue weighted by atomic mass is 10.1. The number of ether oxygens (including phenoxy) is 1. The Hall–Kier alpha value is -3.61. The highest BCUT2D eigenvalue weighted by atomic mass is 32.2. The second kappa shape index (κ2) is 20.6. The van der Waals surface area contributed by atoms with Crippen molar-refractivity contribution in [1.82, 2.24) is 5.32 Å². The van der Waals surface area contributed by atoms with Crippen LogP contribution in [0.5, 0.6) is 0 Å². The summed E-state index contributed by atoms with van der Waals surface area (Å²) in [5, 5.41) is 11.6. The second-order valence-electron chi connectivity index (χ2n) is 7.08. The standard InChI is InChI=1S/C15H17N5O3S.C4H10O.C3H6.C2H7N.CH2O/c1-16-11-5-3-9(7-13(11)17-2)15(21)18-10-4-6-12-14(8-10)20-24(22,23)19-12;1-3-4-5-2;2*1-3-2;1-2/h3-8,16-17,19-20H,1-2H3,(H,18,21);3-4H2,1-2H3;3H,1H2,2H3;3H,1-2H3;1H2. The molecule has 0 aliphatic carbocycles. The van der Waals surface area contributed by atoms with Crippen LogP contribution in [0.2, 0.25) is 0 Å². The van der Waals surface area contributed by atoms with E-state index in [1.807, 2.05) is 33.9 Å². The Bertz CT molecular complexity index is 1050. The topological polar surface area (TPSA) is 150 Å². The number of allylic oxidation sites excluding steroid dienone is 1. The zero-order chi connectivity index (χ0) is 28.9. The molecule has 12 heteroatoms. The predicted molar refractivity (Wildman–Crippen MR) is 156 cm³/mol. The summed E-state index contributed by atoms with van der Waals surface area (Å²) in [6.07, 6.45) is 2.87. The van der Waals surface area contributed by atoms with Crippen molar-refractivity contribution in [2.45, 2.75) is 20.3 Å². The molecule has 0 saturated heterocycles. The monoisotopic (exact) mass is 538 g/mol. The largest absolute Gasteiger partial charge is 0.386 e. The van der Waals surface area contributed by atoms with Crippen LogP contribution in [0.1, 0.15) is 30.6 Å². The van der Waals surface area contributed by atoms with Gasteiger partial charge < -0.3 is 30.8 Å². The maximum atomic E-state index is 12.4. The summed E-state index contributed by atoms with van der Waals surface area (Å²) in [6, 6.07) is 10.0. The molecular weight excluding hydrogens is 496 g/mol. The van der Waals surface area contributed by atoms with E-state index < -0.39 is 10.2 Å². The van der Waals surface area contributed by atoms with Crippen molar-refractivity contribution < 1.29 is 22.7 Å². The first-order chi connectivity index (χ1) is 17.7. The molecule has 0 aromatic heterocycles. The van der Waals surface area contributed by atoms with Gasteiger partial charge in [0.1, 0.15) is 6.79 Å². The van der Waals surface area contributed by atoms with Gasteiger partial charge in [-0.05, 0) is 63.8 Å². The van der Waals surface area contributed by atoms with E-state index in [1.54, 1.807) is 57.6 Å². The highest BCUT2D eigenvalue weighted by Crippen LogP contribution is 2.32. The predicted octanol–water partition coefficient (Wildman–Crippen LogP) is 3.99. The van der Waals surface area contributed by atoms with Gasteiger partial charge in [0, 0.05) is 39.1 Å². The second-order valence-corrected chi connectivity index (χ2v) is 8.50. The summed E-state index contributed by atoms with van der Waals surface area (Å²) in [5.41, 5.74) is 3.51. The smallest absolute Gasteiger partial charge is 0.321 e. The first-order valence-electron chi connectivity index (χ1n) is 11.4. The van der Waals surface area contributed by atoms with Gasteiger partial charge in [-0.3, -0.25) is 14.2 Å². The molecule has 0 spiro atoms. The van der Waals surface area contributed by atoms with Crippen LogP contribution in [-0.4, -0.2) is 63.0 Å². The molecule has 0 fully saturated rings. The fraction of sp³-hybridized carbons (Fsp3) is 0.360. The Morgan fingerprint density at radius 1 is 0.973 bits per heavy atom. The van der Waals surface area contributed by atoms with E-state index in [9.17, 15) is 13.2 Å². The Morgan fingerprint density at radius 3 is 1.97 bits per heavy atom. The first kappa shape index (κ1) is 35.6. The van der Waals surface area contributed by atoms with Crippen LogP contribution in [-0.2, 0) is 19.7 Å². The minimum absolute atomic E-state index is 0.289. The number of amides is 1. The summed E-state index contributed by atoms with van der Waals surface area (Å²) in [6.45, 7) is 10.2. The molecule has 37 heavy (non-hydrogen) atoms. The molecule has 0 atom stereocenters. The van der Waals surface area contributed by atoms with E-state index in [4.69, 9.17) is 9.53 Å². The number of hydrogen-bond donors (Lipinski definition) is 6. The van der Waals surface area contributed by atoms with Gasteiger partial charge in [-0.1, -0.05) is 13.0 Å². The third-order valence-corrected chi connectivity index (χ3v) is 4.97. The molecule has 1 aliphatic rings. The van der Waals surface area contributed by atoms with Crippen molar-refractivity contribution in [2.75, 3.05) is 67.3 Å². The number of fused-ring (bicyclic) bond motifs is 1. The lowest BCUT2D eigenvalue weighted by Gasteiger charge is -2.11. The zero-order valence-corrected chi connectivity index (χ0v) is 23.6. The van der Waals surface area contributed by atoms with Gasteiger partial charge in [-0.15, -0.1) is 6.58 Å². The van der Waals surface area contributed by atoms with Gasteiger partial charge in [0.15, 0.2) is 0 Å². The van der Waals surface area contributed by atoms with E-state index in [0.29, 0.717) is 22.6 Å². The normalized spacial score (nSPS) is 11.2. The summed E-state index contributed by atoms with van der Waals surface area (Å²) in [4.78, 5) is 20.4. The lowest BCUT2D eigenvalue weighted by molar-refractivity contribution is -0.0980. The molecule has 6 N–H and O–H groups in total. The fourth-order valence-electron chi connectivity index (χ4n) is 2.63. The van der Waals surface area contributed by atoms with E-state index in [-0.39, 0.29) is 5.91 Å². The zero-order valence-electron chi connectivity index (χ0n) is 22.8.